The van der Waals surface area contributed by atoms with Gasteiger partial charge in [0.15, 0.2) is 0 Å². The fourth-order valence-electron chi connectivity index (χ4n) is 2.66. The number of carboxylic acids is 2. The summed E-state index contributed by atoms with van der Waals surface area (Å²) in [6.45, 7) is 2.51. The number of hydrogen-bond acceptors (Lipinski definition) is 7. The summed E-state index contributed by atoms with van der Waals surface area (Å²) < 4.78 is 0. The lowest BCUT2D eigenvalue weighted by molar-refractivity contribution is -0.144. The maximum Gasteiger partial charge on any atom is 0.326 e. The molecule has 0 bridgehead atoms. The summed E-state index contributed by atoms with van der Waals surface area (Å²) in [6, 6.07) is 2.95. The molecule has 0 aromatic heterocycles. The smallest absolute Gasteiger partial charge is 0.326 e. The summed E-state index contributed by atoms with van der Waals surface area (Å²) in [5.74, 6) is -5.58. The molecule has 5 atom stereocenters. The van der Waals surface area contributed by atoms with Crippen LogP contribution in [-0.4, -0.2) is 75.3 Å². The monoisotopic (exact) mass is 452 g/mol. The van der Waals surface area contributed by atoms with E-state index in [1.807, 2.05) is 0 Å². The first-order valence-electron chi connectivity index (χ1n) is 9.75. The summed E-state index contributed by atoms with van der Waals surface area (Å²) in [5, 5.41) is 35.0. The minimum absolute atomic E-state index is 0.0471. The van der Waals surface area contributed by atoms with E-state index < -0.39 is 66.4 Å². The molecule has 176 valence electrons. The Balaban J connectivity index is 2.95. The van der Waals surface area contributed by atoms with E-state index in [9.17, 15) is 34.2 Å². The minimum atomic E-state index is -1.61. The second-order valence-electron chi connectivity index (χ2n) is 7.26. The molecule has 0 aliphatic carbocycles. The Morgan fingerprint density at radius 1 is 0.875 bits per heavy atom. The lowest BCUT2D eigenvalue weighted by Gasteiger charge is -2.26. The number of aliphatic hydroxyl groups excluding tert-OH is 1. The highest BCUT2D eigenvalue weighted by molar-refractivity contribution is 5.95. The van der Waals surface area contributed by atoms with E-state index in [2.05, 4.69) is 16.0 Å². The van der Waals surface area contributed by atoms with E-state index >= 15 is 0 Å². The SMILES string of the molecule is CC(N)C(=O)NC(CC(=O)O)C(=O)NC(C(=O)NC(Cc1ccccc1)C(=O)O)C(C)O. The first-order valence-corrected chi connectivity index (χ1v) is 9.75. The van der Waals surface area contributed by atoms with Crippen LogP contribution >= 0.6 is 0 Å². The fourth-order valence-corrected chi connectivity index (χ4v) is 2.66. The van der Waals surface area contributed by atoms with Crippen molar-refractivity contribution < 1.29 is 39.3 Å². The zero-order valence-corrected chi connectivity index (χ0v) is 17.6. The van der Waals surface area contributed by atoms with Gasteiger partial charge in [-0.2, -0.15) is 0 Å². The van der Waals surface area contributed by atoms with Gasteiger partial charge < -0.3 is 37.0 Å². The molecular formula is C20H28N4O8. The summed E-state index contributed by atoms with van der Waals surface area (Å²) in [7, 11) is 0. The quantitative estimate of drug-likeness (QED) is 0.186. The van der Waals surface area contributed by atoms with Crippen LogP contribution in [0.5, 0.6) is 0 Å². The van der Waals surface area contributed by atoms with Gasteiger partial charge in [0.25, 0.3) is 0 Å². The van der Waals surface area contributed by atoms with Crippen molar-refractivity contribution in [3.8, 4) is 0 Å². The van der Waals surface area contributed by atoms with Gasteiger partial charge in [0, 0.05) is 6.42 Å². The number of aliphatic hydroxyl groups is 1. The fraction of sp³-hybridized carbons (Fsp3) is 0.450. The Kier molecular flexibility index (Phi) is 10.3. The third-order valence-electron chi connectivity index (χ3n) is 4.39. The van der Waals surface area contributed by atoms with E-state index in [1.165, 1.54) is 13.8 Å². The normalized spacial score (nSPS) is 15.4. The third-order valence-corrected chi connectivity index (χ3v) is 4.39. The van der Waals surface area contributed by atoms with Crippen molar-refractivity contribution in [2.45, 2.75) is 57.0 Å². The molecular weight excluding hydrogens is 424 g/mol. The first-order chi connectivity index (χ1) is 14.9. The molecule has 0 aliphatic heterocycles. The standard InChI is InChI=1S/C20H28N4O8/c1-10(21)17(28)22-13(9-15(26)27)18(29)24-16(11(2)25)19(30)23-14(20(31)32)8-12-6-4-3-5-7-12/h3-7,10-11,13-14,16,25H,8-9,21H2,1-2H3,(H,22,28)(H,23,30)(H,24,29)(H,26,27)(H,31,32). The molecule has 0 saturated heterocycles. The Morgan fingerprint density at radius 3 is 1.91 bits per heavy atom. The number of benzene rings is 1. The van der Waals surface area contributed by atoms with Crippen molar-refractivity contribution in [1.29, 1.82) is 0 Å². The van der Waals surface area contributed by atoms with E-state index in [0.717, 1.165) is 0 Å². The summed E-state index contributed by atoms with van der Waals surface area (Å²) in [6.07, 6.45) is -2.31. The van der Waals surface area contributed by atoms with Gasteiger partial charge >= 0.3 is 11.9 Å². The van der Waals surface area contributed by atoms with E-state index in [1.54, 1.807) is 30.3 Å². The molecule has 1 aromatic carbocycles. The van der Waals surface area contributed by atoms with Crippen LogP contribution in [0, 0.1) is 0 Å². The highest BCUT2D eigenvalue weighted by atomic mass is 16.4. The number of hydrogen-bond donors (Lipinski definition) is 7. The number of carboxylic acid groups (broad SMARTS) is 2. The molecule has 1 rings (SSSR count). The van der Waals surface area contributed by atoms with Crippen LogP contribution in [0.1, 0.15) is 25.8 Å². The minimum Gasteiger partial charge on any atom is -0.481 e. The number of nitrogens with one attached hydrogen (secondary N) is 3. The van der Waals surface area contributed by atoms with Crippen molar-refractivity contribution in [3.63, 3.8) is 0 Å². The van der Waals surface area contributed by atoms with Crippen LogP contribution in [-0.2, 0) is 30.4 Å². The van der Waals surface area contributed by atoms with E-state index in [4.69, 9.17) is 10.8 Å². The maximum absolute atomic E-state index is 12.6. The van der Waals surface area contributed by atoms with Gasteiger partial charge in [-0.25, -0.2) is 4.79 Å². The van der Waals surface area contributed by atoms with Crippen LogP contribution in [0.4, 0.5) is 0 Å². The van der Waals surface area contributed by atoms with E-state index in [0.29, 0.717) is 5.56 Å². The van der Waals surface area contributed by atoms with Crippen LogP contribution in [0.25, 0.3) is 0 Å². The molecule has 5 unspecified atom stereocenters. The average Bonchev–Trinajstić information content (AvgIpc) is 2.70. The number of aliphatic carboxylic acids is 2. The second-order valence-corrected chi connectivity index (χ2v) is 7.26. The highest BCUT2D eigenvalue weighted by Gasteiger charge is 2.33. The first kappa shape index (κ1) is 26.5. The summed E-state index contributed by atoms with van der Waals surface area (Å²) in [4.78, 5) is 59.6. The molecule has 0 heterocycles. The molecule has 0 aliphatic rings. The zero-order chi connectivity index (χ0) is 24.4. The molecule has 12 heteroatoms. The van der Waals surface area contributed by atoms with Gasteiger partial charge in [-0.3, -0.25) is 19.2 Å². The van der Waals surface area contributed by atoms with Crippen LogP contribution in [0.2, 0.25) is 0 Å². The Bertz CT molecular complexity index is 828. The molecule has 12 nitrogen and oxygen atoms in total. The number of rotatable bonds is 12. The predicted octanol–water partition coefficient (Wildman–Crippen LogP) is -2.03. The van der Waals surface area contributed by atoms with Crippen molar-refractivity contribution in [3.05, 3.63) is 35.9 Å². The molecule has 3 amide bonds. The van der Waals surface area contributed by atoms with Crippen molar-refractivity contribution in [2.24, 2.45) is 5.73 Å². The third kappa shape index (κ3) is 8.70. The lowest BCUT2D eigenvalue weighted by Crippen LogP contribution is -2.60. The zero-order valence-electron chi connectivity index (χ0n) is 17.6. The van der Waals surface area contributed by atoms with Gasteiger partial charge in [-0.1, -0.05) is 30.3 Å². The number of carbonyl (C=O) groups excluding carboxylic acids is 3. The van der Waals surface area contributed by atoms with Gasteiger partial charge in [-0.05, 0) is 19.4 Å². The molecule has 32 heavy (non-hydrogen) atoms. The maximum atomic E-state index is 12.6. The van der Waals surface area contributed by atoms with Crippen LogP contribution in [0.3, 0.4) is 0 Å². The molecule has 8 N–H and O–H groups in total. The number of amides is 3. The number of carbonyl (C=O) groups is 5. The van der Waals surface area contributed by atoms with Gasteiger partial charge in [-0.15, -0.1) is 0 Å². The summed E-state index contributed by atoms with van der Waals surface area (Å²) in [5.41, 5.74) is 6.05. The van der Waals surface area contributed by atoms with Crippen molar-refractivity contribution in [2.75, 3.05) is 0 Å². The average molecular weight is 452 g/mol. The van der Waals surface area contributed by atoms with Crippen molar-refractivity contribution >= 4 is 29.7 Å². The number of nitrogens with two attached hydrogens (primary N) is 1. The van der Waals surface area contributed by atoms with E-state index in [-0.39, 0.29) is 6.42 Å². The highest BCUT2D eigenvalue weighted by Crippen LogP contribution is 2.05. The van der Waals surface area contributed by atoms with Gasteiger partial charge in [0.1, 0.15) is 18.1 Å². The van der Waals surface area contributed by atoms with Crippen LogP contribution < -0.4 is 21.7 Å². The predicted molar refractivity (Wildman–Crippen MR) is 111 cm³/mol. The molecule has 0 spiro atoms. The lowest BCUT2D eigenvalue weighted by atomic mass is 10.0. The van der Waals surface area contributed by atoms with Gasteiger partial charge in [0.2, 0.25) is 17.7 Å². The topological polar surface area (TPSA) is 208 Å². The van der Waals surface area contributed by atoms with Crippen LogP contribution in [0.15, 0.2) is 30.3 Å². The second kappa shape index (κ2) is 12.4. The molecule has 0 saturated carbocycles. The van der Waals surface area contributed by atoms with Crippen molar-refractivity contribution in [1.82, 2.24) is 16.0 Å². The Labute approximate surface area is 184 Å². The van der Waals surface area contributed by atoms with Gasteiger partial charge in [0.05, 0.1) is 18.6 Å². The molecule has 1 aromatic rings. The largest absolute Gasteiger partial charge is 0.481 e. The Morgan fingerprint density at radius 2 is 1.44 bits per heavy atom. The summed E-state index contributed by atoms with van der Waals surface area (Å²) >= 11 is 0. The molecule has 0 fully saturated rings. The molecule has 0 radical (unpaired) electrons. The Hall–Kier alpha value is -3.51.